The van der Waals surface area contributed by atoms with Crippen molar-refractivity contribution in [2.24, 2.45) is 11.5 Å². The van der Waals surface area contributed by atoms with Crippen molar-refractivity contribution in [2.45, 2.75) is 0 Å². The van der Waals surface area contributed by atoms with Crippen LogP contribution in [0.3, 0.4) is 0 Å². The van der Waals surface area contributed by atoms with Crippen LogP contribution in [0.25, 0.3) is 0 Å². The van der Waals surface area contributed by atoms with Crippen molar-refractivity contribution in [3.8, 4) is 11.5 Å². The fourth-order valence-electron chi connectivity index (χ4n) is 1.97. The maximum atomic E-state index is 11.4. The lowest BCUT2D eigenvalue weighted by Gasteiger charge is -2.08. The van der Waals surface area contributed by atoms with Crippen LogP contribution in [0, 0.1) is 0 Å². The number of thioether (sulfide) groups is 2. The molecule has 0 fully saturated rings. The van der Waals surface area contributed by atoms with Gasteiger partial charge in [0.1, 0.15) is 11.5 Å². The molecule has 0 saturated heterocycles. The topological polar surface area (TPSA) is 174 Å². The molecular formula is C19H22N4O6S2. The smallest absolute Gasteiger partial charge is 0.276 e. The van der Waals surface area contributed by atoms with Crippen molar-refractivity contribution < 1.29 is 29.0 Å². The number of phenolic OH excluding ortho intramolecular Hbond substituents is 1. The van der Waals surface area contributed by atoms with E-state index < -0.39 is 10.5 Å². The van der Waals surface area contributed by atoms with E-state index in [0.717, 1.165) is 11.8 Å². The second-order valence-electron chi connectivity index (χ2n) is 5.53. The number of primary amides is 2. The average molecular weight is 467 g/mol. The summed E-state index contributed by atoms with van der Waals surface area (Å²) in [4.78, 5) is 43.4. The highest BCUT2D eigenvalue weighted by Crippen LogP contribution is 2.23. The van der Waals surface area contributed by atoms with Gasteiger partial charge in [0, 0.05) is 0 Å². The first-order valence-corrected chi connectivity index (χ1v) is 10.5. The number of benzene rings is 2. The number of hydrogen-bond donors (Lipinski definition) is 5. The summed E-state index contributed by atoms with van der Waals surface area (Å²) in [6.45, 7) is 0. The van der Waals surface area contributed by atoms with E-state index in [2.05, 4.69) is 10.6 Å². The van der Waals surface area contributed by atoms with Crippen molar-refractivity contribution >= 4 is 57.2 Å². The Balaban J connectivity index is 0.000000311. The van der Waals surface area contributed by atoms with Crippen LogP contribution in [0.2, 0.25) is 0 Å². The van der Waals surface area contributed by atoms with Crippen LogP contribution >= 0.6 is 23.5 Å². The lowest BCUT2D eigenvalue weighted by atomic mass is 10.3. The number of hydrogen-bond acceptors (Lipinski definition) is 8. The van der Waals surface area contributed by atoms with E-state index >= 15 is 0 Å². The Kier molecular flexibility index (Phi) is 11.4. The zero-order valence-electron chi connectivity index (χ0n) is 16.5. The van der Waals surface area contributed by atoms with E-state index in [1.54, 1.807) is 42.5 Å². The Morgan fingerprint density at radius 1 is 0.839 bits per heavy atom. The number of anilines is 2. The number of methoxy groups -OCH3 is 1. The highest BCUT2D eigenvalue weighted by atomic mass is 32.2. The maximum absolute atomic E-state index is 11.4. The monoisotopic (exact) mass is 466 g/mol. The number of carbonyl (C=O) groups excluding carboxylic acids is 4. The van der Waals surface area contributed by atoms with Gasteiger partial charge in [0.2, 0.25) is 11.8 Å². The molecule has 166 valence electrons. The molecule has 0 aliphatic rings. The van der Waals surface area contributed by atoms with Crippen LogP contribution < -0.4 is 26.8 Å². The van der Waals surface area contributed by atoms with Crippen LogP contribution in [-0.4, -0.2) is 46.0 Å². The summed E-state index contributed by atoms with van der Waals surface area (Å²) in [7, 11) is 1.52. The molecule has 12 heteroatoms. The number of carbonyl (C=O) groups is 4. The van der Waals surface area contributed by atoms with Crippen molar-refractivity contribution in [3.05, 3.63) is 48.5 Å². The third kappa shape index (κ3) is 10.8. The first-order valence-electron chi connectivity index (χ1n) is 8.58. The zero-order valence-corrected chi connectivity index (χ0v) is 18.1. The molecule has 2 aromatic carbocycles. The first kappa shape index (κ1) is 25.7. The minimum absolute atomic E-state index is 0.00657. The summed E-state index contributed by atoms with van der Waals surface area (Å²) >= 11 is 1.47. The summed E-state index contributed by atoms with van der Waals surface area (Å²) in [5.74, 6) is -0.208. The van der Waals surface area contributed by atoms with Gasteiger partial charge in [0.25, 0.3) is 10.5 Å². The number of phenols is 1. The van der Waals surface area contributed by atoms with Gasteiger partial charge in [-0.2, -0.15) is 0 Å². The standard InChI is InChI=1S/C10H12N2O3S.C9H10N2O3S/c1-15-8-5-3-2-4-7(8)12-9(13)6-16-10(11)14;10-9(14)15-5-8(13)11-6-3-1-2-4-7(6)12/h2-5H,6H2,1H3,(H2,11,14)(H,12,13);1-4,12H,5H2,(H2,10,14)(H,11,13). The number of aromatic hydroxyl groups is 1. The molecule has 0 unspecified atom stereocenters. The van der Waals surface area contributed by atoms with Gasteiger partial charge in [-0.1, -0.05) is 47.8 Å². The number of rotatable bonds is 7. The molecule has 31 heavy (non-hydrogen) atoms. The molecule has 0 bridgehead atoms. The molecule has 4 amide bonds. The van der Waals surface area contributed by atoms with Gasteiger partial charge in [-0.3, -0.25) is 19.2 Å². The van der Waals surface area contributed by atoms with Crippen LogP contribution in [-0.2, 0) is 9.59 Å². The molecule has 10 nitrogen and oxygen atoms in total. The van der Waals surface area contributed by atoms with Gasteiger partial charge in [-0.15, -0.1) is 0 Å². The largest absolute Gasteiger partial charge is 0.506 e. The van der Waals surface area contributed by atoms with Crippen LogP contribution in [0.15, 0.2) is 48.5 Å². The lowest BCUT2D eigenvalue weighted by molar-refractivity contribution is -0.114. The van der Waals surface area contributed by atoms with Crippen molar-refractivity contribution in [1.29, 1.82) is 0 Å². The van der Waals surface area contributed by atoms with Crippen LogP contribution in [0.4, 0.5) is 21.0 Å². The third-order valence-corrected chi connectivity index (χ3v) is 4.63. The van der Waals surface area contributed by atoms with E-state index in [4.69, 9.17) is 16.2 Å². The Labute approximate surface area is 187 Å². The first-order chi connectivity index (χ1) is 14.7. The molecule has 0 aliphatic heterocycles. The molecule has 0 radical (unpaired) electrons. The Bertz CT molecular complexity index is 926. The van der Waals surface area contributed by atoms with Crippen LogP contribution in [0.1, 0.15) is 0 Å². The minimum Gasteiger partial charge on any atom is -0.506 e. The Hall–Kier alpha value is -3.38. The summed E-state index contributed by atoms with van der Waals surface area (Å²) < 4.78 is 5.06. The fourth-order valence-corrected chi connectivity index (χ4v) is 2.66. The fraction of sp³-hybridized carbons (Fsp3) is 0.158. The second kappa shape index (κ2) is 13.8. The molecular weight excluding hydrogens is 444 g/mol. The lowest BCUT2D eigenvalue weighted by Crippen LogP contribution is -2.17. The van der Waals surface area contributed by atoms with Gasteiger partial charge in [-0.05, 0) is 24.3 Å². The van der Waals surface area contributed by atoms with Gasteiger partial charge in [0.05, 0.1) is 30.0 Å². The van der Waals surface area contributed by atoms with Gasteiger partial charge in [0.15, 0.2) is 0 Å². The summed E-state index contributed by atoms with van der Waals surface area (Å²) in [5, 5.41) is 13.2. The van der Waals surface area contributed by atoms with Crippen molar-refractivity contribution in [2.75, 3.05) is 29.2 Å². The van der Waals surface area contributed by atoms with E-state index in [0.29, 0.717) is 28.9 Å². The maximum Gasteiger partial charge on any atom is 0.276 e. The van der Waals surface area contributed by atoms with Gasteiger partial charge >= 0.3 is 0 Å². The molecule has 0 saturated carbocycles. The molecule has 0 heterocycles. The third-order valence-electron chi connectivity index (χ3n) is 3.25. The number of para-hydroxylation sites is 4. The minimum atomic E-state index is -0.609. The molecule has 7 N–H and O–H groups in total. The Morgan fingerprint density at radius 3 is 1.77 bits per heavy atom. The van der Waals surface area contributed by atoms with E-state index in [-0.39, 0.29) is 29.1 Å². The molecule has 2 aromatic rings. The Morgan fingerprint density at radius 2 is 1.29 bits per heavy atom. The SMILES string of the molecule is COc1ccccc1NC(=O)CSC(N)=O.NC(=O)SCC(=O)Nc1ccccc1O. The second-order valence-corrected chi connectivity index (χ2v) is 7.49. The normalized spacial score (nSPS) is 9.58. The summed E-state index contributed by atoms with van der Waals surface area (Å²) in [6.07, 6.45) is 0. The number of nitrogens with two attached hydrogens (primary N) is 2. The number of nitrogens with one attached hydrogen (secondary N) is 2. The summed E-state index contributed by atoms with van der Waals surface area (Å²) in [6, 6.07) is 13.4. The molecule has 0 atom stereocenters. The van der Waals surface area contributed by atoms with Gasteiger partial charge in [-0.25, -0.2) is 0 Å². The molecule has 2 rings (SSSR count). The van der Waals surface area contributed by atoms with Gasteiger partial charge < -0.3 is 31.9 Å². The number of amides is 4. The molecule has 0 aromatic heterocycles. The molecule has 0 spiro atoms. The predicted molar refractivity (Wildman–Crippen MR) is 122 cm³/mol. The number of ether oxygens (including phenoxy) is 1. The summed E-state index contributed by atoms with van der Waals surface area (Å²) in [5.41, 5.74) is 10.7. The zero-order chi connectivity index (χ0) is 23.2. The highest BCUT2D eigenvalue weighted by Gasteiger charge is 2.08. The van der Waals surface area contributed by atoms with E-state index in [9.17, 15) is 24.3 Å². The van der Waals surface area contributed by atoms with Crippen LogP contribution in [0.5, 0.6) is 11.5 Å². The van der Waals surface area contributed by atoms with E-state index in [1.165, 1.54) is 13.2 Å². The highest BCUT2D eigenvalue weighted by molar-refractivity contribution is 8.14. The quantitative estimate of drug-likeness (QED) is 0.387. The van der Waals surface area contributed by atoms with Crippen molar-refractivity contribution in [3.63, 3.8) is 0 Å². The van der Waals surface area contributed by atoms with E-state index in [1.807, 2.05) is 0 Å². The van der Waals surface area contributed by atoms with Crippen molar-refractivity contribution in [1.82, 2.24) is 0 Å². The average Bonchev–Trinajstić information content (AvgIpc) is 2.73. The predicted octanol–water partition coefficient (Wildman–Crippen LogP) is 2.59. The molecule has 0 aliphatic carbocycles.